The van der Waals surface area contributed by atoms with Crippen LogP contribution in [0.25, 0.3) is 0 Å². The van der Waals surface area contributed by atoms with E-state index in [1.165, 1.54) is 6.07 Å². The highest BCUT2D eigenvalue weighted by molar-refractivity contribution is 5.23. The van der Waals surface area contributed by atoms with Crippen molar-refractivity contribution in [3.63, 3.8) is 0 Å². The zero-order valence-electron chi connectivity index (χ0n) is 10.2. The Bertz CT molecular complexity index is 400. The standard InChI is InChI=1S/C13H18FNO2/c1-9(2)10-7-11(14)12(15-8-10)13(16)3-5-17-6-4-13/h7-9,16H,3-6H2,1-2H3. The van der Waals surface area contributed by atoms with Gasteiger partial charge in [-0.05, 0) is 17.5 Å². The van der Waals surface area contributed by atoms with Gasteiger partial charge in [0.25, 0.3) is 0 Å². The van der Waals surface area contributed by atoms with E-state index in [9.17, 15) is 9.50 Å². The Labute approximate surface area is 101 Å². The maximum atomic E-state index is 14.0. The highest BCUT2D eigenvalue weighted by atomic mass is 19.1. The van der Waals surface area contributed by atoms with Crippen molar-refractivity contribution in [3.8, 4) is 0 Å². The first-order valence-electron chi connectivity index (χ1n) is 5.99. The molecule has 0 spiro atoms. The highest BCUT2D eigenvalue weighted by Crippen LogP contribution is 2.32. The fraction of sp³-hybridized carbons (Fsp3) is 0.615. The summed E-state index contributed by atoms with van der Waals surface area (Å²) < 4.78 is 19.2. The number of rotatable bonds is 2. The van der Waals surface area contributed by atoms with E-state index in [-0.39, 0.29) is 11.6 Å². The number of ether oxygens (including phenoxy) is 1. The monoisotopic (exact) mass is 239 g/mol. The fourth-order valence-electron chi connectivity index (χ4n) is 2.06. The van der Waals surface area contributed by atoms with Gasteiger partial charge in [-0.2, -0.15) is 0 Å². The van der Waals surface area contributed by atoms with Gasteiger partial charge in [-0.15, -0.1) is 0 Å². The average Bonchev–Trinajstić information content (AvgIpc) is 2.29. The minimum Gasteiger partial charge on any atom is -0.383 e. The molecule has 2 heterocycles. The van der Waals surface area contributed by atoms with Crippen LogP contribution in [0.3, 0.4) is 0 Å². The van der Waals surface area contributed by atoms with Crippen LogP contribution < -0.4 is 0 Å². The lowest BCUT2D eigenvalue weighted by atomic mass is 9.89. The molecule has 94 valence electrons. The quantitative estimate of drug-likeness (QED) is 0.861. The highest BCUT2D eigenvalue weighted by Gasteiger charge is 2.35. The number of aromatic nitrogens is 1. The van der Waals surface area contributed by atoms with Crippen LogP contribution in [-0.2, 0) is 10.3 Å². The van der Waals surface area contributed by atoms with Gasteiger partial charge in [-0.25, -0.2) is 4.39 Å². The van der Waals surface area contributed by atoms with E-state index in [0.29, 0.717) is 26.1 Å². The second kappa shape index (κ2) is 4.70. The van der Waals surface area contributed by atoms with Crippen molar-refractivity contribution < 1.29 is 14.2 Å². The van der Waals surface area contributed by atoms with Crippen LogP contribution in [-0.4, -0.2) is 23.3 Å². The number of halogens is 1. The smallest absolute Gasteiger partial charge is 0.147 e. The summed E-state index contributed by atoms with van der Waals surface area (Å²) in [6, 6.07) is 1.47. The number of hydrogen-bond acceptors (Lipinski definition) is 3. The zero-order valence-corrected chi connectivity index (χ0v) is 10.2. The molecule has 0 atom stereocenters. The third kappa shape index (κ3) is 2.48. The lowest BCUT2D eigenvalue weighted by Crippen LogP contribution is -2.35. The lowest BCUT2D eigenvalue weighted by Gasteiger charge is -2.31. The van der Waals surface area contributed by atoms with E-state index in [4.69, 9.17) is 4.74 Å². The molecule has 17 heavy (non-hydrogen) atoms. The molecule has 4 heteroatoms. The van der Waals surface area contributed by atoms with Gasteiger partial charge in [0, 0.05) is 32.3 Å². The molecule has 1 aliphatic rings. The van der Waals surface area contributed by atoms with Gasteiger partial charge in [0.1, 0.15) is 17.1 Å². The maximum absolute atomic E-state index is 14.0. The molecular weight excluding hydrogens is 221 g/mol. The Morgan fingerprint density at radius 1 is 1.41 bits per heavy atom. The van der Waals surface area contributed by atoms with Crippen LogP contribution in [0, 0.1) is 5.82 Å². The summed E-state index contributed by atoms with van der Waals surface area (Å²) in [4.78, 5) is 4.11. The van der Waals surface area contributed by atoms with Crippen LogP contribution in [0.1, 0.15) is 43.9 Å². The molecule has 0 saturated carbocycles. The first-order valence-corrected chi connectivity index (χ1v) is 5.99. The molecular formula is C13H18FNO2. The molecule has 0 radical (unpaired) electrons. The molecule has 1 aliphatic heterocycles. The van der Waals surface area contributed by atoms with Crippen molar-refractivity contribution in [1.29, 1.82) is 0 Å². The molecule has 0 aliphatic carbocycles. The van der Waals surface area contributed by atoms with Gasteiger partial charge in [-0.3, -0.25) is 4.98 Å². The molecule has 2 rings (SSSR count). The molecule has 1 N–H and O–H groups in total. The summed E-state index contributed by atoms with van der Waals surface area (Å²) >= 11 is 0. The van der Waals surface area contributed by atoms with Crippen molar-refractivity contribution in [3.05, 3.63) is 29.3 Å². The maximum Gasteiger partial charge on any atom is 0.147 e. The van der Waals surface area contributed by atoms with E-state index in [2.05, 4.69) is 4.98 Å². The van der Waals surface area contributed by atoms with Gasteiger partial charge in [0.05, 0.1) is 0 Å². The van der Waals surface area contributed by atoms with Crippen LogP contribution in [0.5, 0.6) is 0 Å². The first kappa shape index (κ1) is 12.5. The van der Waals surface area contributed by atoms with Crippen molar-refractivity contribution in [1.82, 2.24) is 4.98 Å². The predicted octanol–water partition coefficient (Wildman–Crippen LogP) is 2.34. The molecule has 0 amide bonds. The number of aliphatic hydroxyl groups is 1. The Balaban J connectivity index is 2.32. The number of nitrogens with zero attached hydrogens (tertiary/aromatic N) is 1. The van der Waals surface area contributed by atoms with Crippen LogP contribution >= 0.6 is 0 Å². The van der Waals surface area contributed by atoms with E-state index in [1.54, 1.807) is 6.20 Å². The number of pyridine rings is 1. The summed E-state index contributed by atoms with van der Waals surface area (Å²) in [5.74, 6) is -0.184. The summed E-state index contributed by atoms with van der Waals surface area (Å²) in [5, 5.41) is 10.4. The lowest BCUT2D eigenvalue weighted by molar-refractivity contribution is -0.0725. The predicted molar refractivity (Wildman–Crippen MR) is 62.2 cm³/mol. The van der Waals surface area contributed by atoms with Crippen molar-refractivity contribution >= 4 is 0 Å². The van der Waals surface area contributed by atoms with E-state index in [0.717, 1.165) is 5.56 Å². The van der Waals surface area contributed by atoms with Gasteiger partial charge in [-0.1, -0.05) is 13.8 Å². The molecule has 1 aromatic heterocycles. The normalized spacial score (nSPS) is 19.6. The largest absolute Gasteiger partial charge is 0.383 e. The van der Waals surface area contributed by atoms with Crippen molar-refractivity contribution in [2.45, 2.75) is 38.2 Å². The van der Waals surface area contributed by atoms with Crippen LogP contribution in [0.2, 0.25) is 0 Å². The number of hydrogen-bond donors (Lipinski definition) is 1. The molecule has 1 fully saturated rings. The second-order valence-electron chi connectivity index (χ2n) is 4.90. The molecule has 1 aromatic rings. The van der Waals surface area contributed by atoms with Gasteiger partial charge in [0.2, 0.25) is 0 Å². The van der Waals surface area contributed by atoms with Crippen molar-refractivity contribution in [2.75, 3.05) is 13.2 Å². The summed E-state index contributed by atoms with van der Waals surface area (Å²) in [6.45, 7) is 4.87. The molecule has 0 bridgehead atoms. The zero-order chi connectivity index (χ0) is 12.5. The third-order valence-corrected chi connectivity index (χ3v) is 3.29. The van der Waals surface area contributed by atoms with Gasteiger partial charge in [0.15, 0.2) is 0 Å². The third-order valence-electron chi connectivity index (χ3n) is 3.29. The fourth-order valence-corrected chi connectivity index (χ4v) is 2.06. The molecule has 0 unspecified atom stereocenters. The minimum atomic E-state index is -1.17. The Morgan fingerprint density at radius 2 is 2.06 bits per heavy atom. The summed E-state index contributed by atoms with van der Waals surface area (Å²) in [6.07, 6.45) is 2.45. The van der Waals surface area contributed by atoms with E-state index >= 15 is 0 Å². The Hall–Kier alpha value is -1.00. The van der Waals surface area contributed by atoms with E-state index < -0.39 is 11.4 Å². The van der Waals surface area contributed by atoms with Gasteiger partial charge >= 0.3 is 0 Å². The Morgan fingerprint density at radius 3 is 2.59 bits per heavy atom. The average molecular weight is 239 g/mol. The van der Waals surface area contributed by atoms with Gasteiger partial charge < -0.3 is 9.84 Å². The Kier molecular flexibility index (Phi) is 3.45. The topological polar surface area (TPSA) is 42.4 Å². The van der Waals surface area contributed by atoms with Crippen molar-refractivity contribution in [2.24, 2.45) is 0 Å². The second-order valence-corrected chi connectivity index (χ2v) is 4.90. The summed E-state index contributed by atoms with van der Waals surface area (Å²) in [7, 11) is 0. The summed E-state index contributed by atoms with van der Waals surface area (Å²) in [5.41, 5.74) is -0.162. The van der Waals surface area contributed by atoms with Crippen LogP contribution in [0.4, 0.5) is 4.39 Å². The molecule has 0 aromatic carbocycles. The SMILES string of the molecule is CC(C)c1cnc(C2(O)CCOCC2)c(F)c1. The molecule has 1 saturated heterocycles. The van der Waals surface area contributed by atoms with E-state index in [1.807, 2.05) is 13.8 Å². The molecule has 3 nitrogen and oxygen atoms in total. The van der Waals surface area contributed by atoms with Crippen LogP contribution in [0.15, 0.2) is 12.3 Å². The first-order chi connectivity index (χ1) is 8.03. The minimum absolute atomic E-state index is 0.158.